The molecule has 0 saturated carbocycles. The third-order valence-electron chi connectivity index (χ3n) is 4.13. The molecule has 0 unspecified atom stereocenters. The number of hydrogen-bond donors (Lipinski definition) is 1. The summed E-state index contributed by atoms with van der Waals surface area (Å²) in [7, 11) is 0. The molecule has 1 N–H and O–H groups in total. The zero-order chi connectivity index (χ0) is 18.7. The Hall–Kier alpha value is -3.48. The van der Waals surface area contributed by atoms with Crippen LogP contribution in [0.4, 0.5) is 5.69 Å². The van der Waals surface area contributed by atoms with Crippen molar-refractivity contribution in [1.29, 1.82) is 0 Å². The highest BCUT2D eigenvalue weighted by Crippen LogP contribution is 2.22. The number of esters is 1. The molecule has 0 atom stereocenters. The Bertz CT molecular complexity index is 989. The molecule has 0 spiro atoms. The number of H-pyrrole nitrogens is 1. The van der Waals surface area contributed by atoms with Crippen molar-refractivity contribution >= 4 is 28.3 Å². The second-order valence-corrected chi connectivity index (χ2v) is 5.70. The Labute approximate surface area is 148 Å². The number of para-hydroxylation sites is 1. The second-order valence-electron chi connectivity index (χ2n) is 5.70. The number of carbonyl (C=O) groups excluding carboxylic acids is 2. The highest BCUT2D eigenvalue weighted by atomic mass is 16.6. The number of non-ortho nitro benzene ring substituents is 1. The summed E-state index contributed by atoms with van der Waals surface area (Å²) in [5.74, 6) is -1.03. The Kier molecular flexibility index (Phi) is 4.79. The fourth-order valence-electron chi connectivity index (χ4n) is 2.75. The summed E-state index contributed by atoms with van der Waals surface area (Å²) < 4.78 is 5.05. The highest BCUT2D eigenvalue weighted by molar-refractivity contribution is 6.09. The van der Waals surface area contributed by atoms with Gasteiger partial charge in [-0.3, -0.25) is 14.9 Å². The van der Waals surface area contributed by atoms with Gasteiger partial charge in [-0.2, -0.15) is 0 Å². The van der Waals surface area contributed by atoms with E-state index in [-0.39, 0.29) is 17.0 Å². The third kappa shape index (κ3) is 3.32. The van der Waals surface area contributed by atoms with Crippen LogP contribution in [0.25, 0.3) is 10.9 Å². The minimum Gasteiger partial charge on any atom is -0.454 e. The lowest BCUT2D eigenvalue weighted by molar-refractivity contribution is -0.384. The highest BCUT2D eigenvalue weighted by Gasteiger charge is 2.17. The molecule has 2 aromatic carbocycles. The average molecular weight is 352 g/mol. The van der Waals surface area contributed by atoms with Crippen molar-refractivity contribution in [3.8, 4) is 0 Å². The number of aryl methyl sites for hydroxylation is 1. The molecule has 0 bridgehead atoms. The fourth-order valence-corrected chi connectivity index (χ4v) is 2.75. The van der Waals surface area contributed by atoms with Gasteiger partial charge < -0.3 is 9.72 Å². The average Bonchev–Trinajstić information content (AvgIpc) is 3.10. The number of aromatic nitrogens is 1. The number of benzene rings is 2. The predicted molar refractivity (Wildman–Crippen MR) is 95.4 cm³/mol. The number of nitro groups is 1. The number of aromatic amines is 1. The maximum absolute atomic E-state index is 12.4. The number of nitrogens with one attached hydrogen (secondary N) is 1. The lowest BCUT2D eigenvalue weighted by Crippen LogP contribution is -2.14. The Morgan fingerprint density at radius 3 is 2.54 bits per heavy atom. The molecule has 0 aliphatic carbocycles. The number of ketones is 1. The molecule has 3 rings (SSSR count). The van der Waals surface area contributed by atoms with Gasteiger partial charge in [0.15, 0.2) is 6.61 Å². The van der Waals surface area contributed by atoms with Crippen molar-refractivity contribution in [3.05, 3.63) is 75.5 Å². The summed E-state index contributed by atoms with van der Waals surface area (Å²) in [5, 5.41) is 11.4. The molecular weight excluding hydrogens is 336 g/mol. The van der Waals surface area contributed by atoms with E-state index in [9.17, 15) is 19.7 Å². The number of fused-ring (bicyclic) bond motifs is 1. The van der Waals surface area contributed by atoms with E-state index >= 15 is 0 Å². The summed E-state index contributed by atoms with van der Waals surface area (Å²) in [6.45, 7) is 1.63. The van der Waals surface area contributed by atoms with Gasteiger partial charge in [0, 0.05) is 34.8 Å². The van der Waals surface area contributed by atoms with Crippen molar-refractivity contribution < 1.29 is 19.2 Å². The van der Waals surface area contributed by atoms with Crippen LogP contribution in [0.2, 0.25) is 0 Å². The number of ether oxygens (including phenoxy) is 1. The first-order chi connectivity index (χ1) is 12.5. The van der Waals surface area contributed by atoms with Crippen LogP contribution in [-0.2, 0) is 11.2 Å². The number of nitrogens with zero attached hydrogens (tertiary/aromatic N) is 1. The maximum Gasteiger partial charge on any atom is 0.338 e. The van der Waals surface area contributed by atoms with Gasteiger partial charge in [0.05, 0.1) is 10.5 Å². The lowest BCUT2D eigenvalue weighted by Gasteiger charge is -2.04. The summed E-state index contributed by atoms with van der Waals surface area (Å²) >= 11 is 0. The lowest BCUT2D eigenvalue weighted by atomic mass is 10.1. The topological polar surface area (TPSA) is 102 Å². The normalized spacial score (nSPS) is 10.7. The predicted octanol–water partition coefficient (Wildman–Crippen LogP) is 3.68. The summed E-state index contributed by atoms with van der Waals surface area (Å²) in [6, 6.07) is 10.7. The fraction of sp³-hybridized carbons (Fsp3) is 0.158. The second kappa shape index (κ2) is 7.18. The molecule has 3 aromatic rings. The number of carbonyl (C=O) groups is 2. The first-order valence-electron chi connectivity index (χ1n) is 8.05. The zero-order valence-electron chi connectivity index (χ0n) is 14.0. The number of hydrogen-bond acceptors (Lipinski definition) is 5. The van der Waals surface area contributed by atoms with E-state index in [0.717, 1.165) is 22.9 Å². The smallest absolute Gasteiger partial charge is 0.338 e. The molecule has 7 heteroatoms. The van der Waals surface area contributed by atoms with E-state index in [1.165, 1.54) is 24.3 Å². The molecule has 0 aliphatic rings. The molecule has 1 heterocycles. The van der Waals surface area contributed by atoms with Gasteiger partial charge in [0.25, 0.3) is 5.69 Å². The standard InChI is InChI=1S/C19H16N2O5/c1-2-12-4-3-5-15-16(10-20-18(12)15)17(22)11-26-19(23)13-6-8-14(9-7-13)21(24)25/h3-10,20H,2,11H2,1H3. The first kappa shape index (κ1) is 17.3. The van der Waals surface area contributed by atoms with Crippen LogP contribution >= 0.6 is 0 Å². The number of rotatable bonds is 6. The van der Waals surface area contributed by atoms with Crippen LogP contribution in [0, 0.1) is 10.1 Å². The van der Waals surface area contributed by atoms with E-state index in [1.807, 2.05) is 25.1 Å². The Balaban J connectivity index is 1.71. The zero-order valence-corrected chi connectivity index (χ0v) is 14.0. The van der Waals surface area contributed by atoms with E-state index in [4.69, 9.17) is 4.74 Å². The Morgan fingerprint density at radius 1 is 1.15 bits per heavy atom. The molecule has 0 saturated heterocycles. The van der Waals surface area contributed by atoms with Crippen LogP contribution in [0.15, 0.2) is 48.7 Å². The molecule has 132 valence electrons. The van der Waals surface area contributed by atoms with Crippen LogP contribution in [0.3, 0.4) is 0 Å². The van der Waals surface area contributed by atoms with Gasteiger partial charge in [-0.05, 0) is 24.1 Å². The van der Waals surface area contributed by atoms with Gasteiger partial charge in [-0.1, -0.05) is 25.1 Å². The van der Waals surface area contributed by atoms with Gasteiger partial charge >= 0.3 is 5.97 Å². The summed E-state index contributed by atoms with van der Waals surface area (Å²) in [5.41, 5.74) is 2.50. The molecule has 0 radical (unpaired) electrons. The summed E-state index contributed by atoms with van der Waals surface area (Å²) in [6.07, 6.45) is 2.45. The molecule has 7 nitrogen and oxygen atoms in total. The molecule has 0 aliphatic heterocycles. The quantitative estimate of drug-likeness (QED) is 0.315. The first-order valence-corrected chi connectivity index (χ1v) is 8.05. The van der Waals surface area contributed by atoms with Gasteiger partial charge in [-0.25, -0.2) is 4.79 Å². The minimum atomic E-state index is -0.706. The van der Waals surface area contributed by atoms with Crippen LogP contribution in [-0.4, -0.2) is 28.3 Å². The largest absolute Gasteiger partial charge is 0.454 e. The number of nitro benzene ring substituents is 1. The minimum absolute atomic E-state index is 0.122. The molecule has 0 fully saturated rings. The van der Waals surface area contributed by atoms with E-state index in [2.05, 4.69) is 4.98 Å². The van der Waals surface area contributed by atoms with Crippen molar-refractivity contribution in [1.82, 2.24) is 4.98 Å². The van der Waals surface area contributed by atoms with Gasteiger partial charge in [0.1, 0.15) is 0 Å². The van der Waals surface area contributed by atoms with Crippen molar-refractivity contribution in [3.63, 3.8) is 0 Å². The molecule has 26 heavy (non-hydrogen) atoms. The van der Waals surface area contributed by atoms with E-state index in [1.54, 1.807) is 6.20 Å². The van der Waals surface area contributed by atoms with Gasteiger partial charge in [0.2, 0.25) is 5.78 Å². The summed E-state index contributed by atoms with van der Waals surface area (Å²) in [4.78, 5) is 37.6. The monoisotopic (exact) mass is 352 g/mol. The SMILES string of the molecule is CCc1cccc2c(C(=O)COC(=O)c3ccc([N+](=O)[O-])cc3)c[nH]c12. The van der Waals surface area contributed by atoms with E-state index in [0.29, 0.717) is 5.56 Å². The third-order valence-corrected chi connectivity index (χ3v) is 4.13. The molecule has 0 amide bonds. The number of Topliss-reactive ketones (excluding diaryl/α,β-unsaturated/α-hetero) is 1. The van der Waals surface area contributed by atoms with Crippen LogP contribution in [0.5, 0.6) is 0 Å². The van der Waals surface area contributed by atoms with Gasteiger partial charge in [-0.15, -0.1) is 0 Å². The molecular formula is C19H16N2O5. The Morgan fingerprint density at radius 2 is 1.88 bits per heavy atom. The van der Waals surface area contributed by atoms with E-state index < -0.39 is 17.5 Å². The van der Waals surface area contributed by atoms with Crippen LogP contribution < -0.4 is 0 Å². The molecule has 1 aromatic heterocycles. The maximum atomic E-state index is 12.4. The van der Waals surface area contributed by atoms with Crippen LogP contribution in [0.1, 0.15) is 33.2 Å². The van der Waals surface area contributed by atoms with Crippen molar-refractivity contribution in [2.24, 2.45) is 0 Å². The van der Waals surface area contributed by atoms with Crippen molar-refractivity contribution in [2.45, 2.75) is 13.3 Å². The van der Waals surface area contributed by atoms with Crippen molar-refractivity contribution in [2.75, 3.05) is 6.61 Å².